The highest BCUT2D eigenvalue weighted by atomic mass is 19.4. The van der Waals surface area contributed by atoms with Crippen LogP contribution < -0.4 is 10.2 Å². The van der Waals surface area contributed by atoms with Gasteiger partial charge in [-0.2, -0.15) is 13.2 Å². The molecule has 16 heavy (non-hydrogen) atoms. The lowest BCUT2D eigenvalue weighted by atomic mass is 9.94. The number of carbonyl (C=O) groups is 1. The number of halogens is 3. The number of alkyl halides is 3. The molecule has 1 N–H and O–H groups in total. The molecular formula is C9H8BF3O3. The fourth-order valence-corrected chi connectivity index (χ4v) is 1.12. The number of hydrogen-bond acceptors (Lipinski definition) is 2. The summed E-state index contributed by atoms with van der Waals surface area (Å²) < 4.78 is 40.0. The van der Waals surface area contributed by atoms with Crippen LogP contribution in [0.2, 0.25) is 0 Å². The van der Waals surface area contributed by atoms with Crippen molar-refractivity contribution in [2.24, 2.45) is 0 Å². The minimum Gasteiger partial charge on any atom is -0.484 e. The van der Waals surface area contributed by atoms with Crippen LogP contribution in [-0.2, 0) is 0 Å². The van der Waals surface area contributed by atoms with Crippen molar-refractivity contribution in [1.29, 1.82) is 0 Å². The summed E-state index contributed by atoms with van der Waals surface area (Å²) in [6.45, 7) is -1.44. The molecule has 0 atom stereocenters. The molecular weight excluding hydrogens is 224 g/mol. The van der Waals surface area contributed by atoms with E-state index in [1.807, 2.05) is 0 Å². The maximum atomic E-state index is 11.9. The van der Waals surface area contributed by atoms with Crippen molar-refractivity contribution >= 4 is 19.3 Å². The lowest BCUT2D eigenvalue weighted by molar-refractivity contribution is -0.153. The summed E-state index contributed by atoms with van der Waals surface area (Å²) >= 11 is 0. The van der Waals surface area contributed by atoms with Gasteiger partial charge in [-0.15, -0.1) is 0 Å². The van der Waals surface area contributed by atoms with E-state index < -0.39 is 18.8 Å². The predicted molar refractivity (Wildman–Crippen MR) is 53.1 cm³/mol. The van der Waals surface area contributed by atoms with Gasteiger partial charge >= 0.3 is 12.1 Å². The summed E-state index contributed by atoms with van der Waals surface area (Å²) in [4.78, 5) is 10.6. The Morgan fingerprint density at radius 2 is 2.00 bits per heavy atom. The van der Waals surface area contributed by atoms with Gasteiger partial charge in [-0.25, -0.2) is 4.79 Å². The lowest BCUT2D eigenvalue weighted by Gasteiger charge is -2.10. The summed E-state index contributed by atoms with van der Waals surface area (Å²) in [5, 5.41) is 8.68. The van der Waals surface area contributed by atoms with Crippen LogP contribution >= 0.6 is 0 Å². The fraction of sp³-hybridized carbons (Fsp3) is 0.222. The Bertz CT molecular complexity index is 403. The third-order valence-electron chi connectivity index (χ3n) is 1.70. The highest BCUT2D eigenvalue weighted by molar-refractivity contribution is 6.32. The molecule has 0 saturated carbocycles. The molecule has 0 amide bonds. The van der Waals surface area contributed by atoms with E-state index in [0.717, 1.165) is 6.07 Å². The van der Waals surface area contributed by atoms with Crippen LogP contribution in [0.4, 0.5) is 13.2 Å². The SMILES string of the molecule is Bc1cc(OCC(F)(F)F)cc(C(=O)O)c1. The minimum absolute atomic E-state index is 0.0998. The van der Waals surface area contributed by atoms with E-state index in [4.69, 9.17) is 5.11 Å². The Hall–Kier alpha value is -1.66. The van der Waals surface area contributed by atoms with E-state index in [9.17, 15) is 18.0 Å². The second kappa shape index (κ2) is 4.46. The molecule has 3 nitrogen and oxygen atoms in total. The van der Waals surface area contributed by atoms with Crippen molar-refractivity contribution in [1.82, 2.24) is 0 Å². The average molecular weight is 232 g/mol. The Labute approximate surface area is 90.2 Å². The van der Waals surface area contributed by atoms with Crippen LogP contribution in [0.3, 0.4) is 0 Å². The zero-order chi connectivity index (χ0) is 12.3. The zero-order valence-corrected chi connectivity index (χ0v) is 8.34. The van der Waals surface area contributed by atoms with Crippen LogP contribution in [0.5, 0.6) is 5.75 Å². The van der Waals surface area contributed by atoms with Crippen LogP contribution in [0.1, 0.15) is 10.4 Å². The van der Waals surface area contributed by atoms with Gasteiger partial charge in [-0.05, 0) is 12.1 Å². The molecule has 0 saturated heterocycles. The van der Waals surface area contributed by atoms with Gasteiger partial charge in [-0.1, -0.05) is 11.5 Å². The second-order valence-electron chi connectivity index (χ2n) is 3.24. The van der Waals surface area contributed by atoms with E-state index in [1.165, 1.54) is 12.1 Å². The molecule has 7 heteroatoms. The van der Waals surface area contributed by atoms with Gasteiger partial charge in [-0.3, -0.25) is 0 Å². The number of ether oxygens (including phenoxy) is 1. The molecule has 0 radical (unpaired) electrons. The molecule has 0 unspecified atom stereocenters. The van der Waals surface area contributed by atoms with Crippen molar-refractivity contribution < 1.29 is 27.8 Å². The van der Waals surface area contributed by atoms with E-state index in [2.05, 4.69) is 4.74 Å². The van der Waals surface area contributed by atoms with Gasteiger partial charge in [0, 0.05) is 0 Å². The first-order valence-electron chi connectivity index (χ1n) is 4.32. The molecule has 1 aromatic carbocycles. The molecule has 0 aliphatic carbocycles. The molecule has 0 spiro atoms. The van der Waals surface area contributed by atoms with Gasteiger partial charge in [0.05, 0.1) is 5.56 Å². The number of hydrogen-bond donors (Lipinski definition) is 1. The highest BCUT2D eigenvalue weighted by Crippen LogP contribution is 2.18. The third kappa shape index (κ3) is 3.84. The number of carboxylic acid groups (broad SMARTS) is 1. The van der Waals surface area contributed by atoms with E-state index >= 15 is 0 Å². The van der Waals surface area contributed by atoms with Crippen molar-refractivity contribution in [3.8, 4) is 5.75 Å². The monoisotopic (exact) mass is 232 g/mol. The first-order valence-corrected chi connectivity index (χ1v) is 4.32. The molecule has 0 bridgehead atoms. The molecule has 1 aromatic rings. The first-order chi connectivity index (χ1) is 7.28. The molecule has 0 fully saturated rings. The largest absolute Gasteiger partial charge is 0.484 e. The van der Waals surface area contributed by atoms with Gasteiger partial charge in [0.2, 0.25) is 0 Å². The summed E-state index contributed by atoms with van der Waals surface area (Å²) in [7, 11) is 1.58. The van der Waals surface area contributed by atoms with Crippen LogP contribution in [0.15, 0.2) is 18.2 Å². The third-order valence-corrected chi connectivity index (χ3v) is 1.70. The molecule has 1 rings (SSSR count). The summed E-state index contributed by atoms with van der Waals surface area (Å²) in [5.41, 5.74) is 0.425. The number of benzene rings is 1. The number of aromatic carboxylic acids is 1. The van der Waals surface area contributed by atoms with E-state index in [0.29, 0.717) is 5.46 Å². The molecule has 0 aliphatic heterocycles. The maximum Gasteiger partial charge on any atom is 0.422 e. The van der Waals surface area contributed by atoms with Gasteiger partial charge in [0.1, 0.15) is 13.6 Å². The molecule has 0 aliphatic rings. The lowest BCUT2D eigenvalue weighted by Crippen LogP contribution is -2.20. The summed E-state index contributed by atoms with van der Waals surface area (Å²) in [6, 6.07) is 3.75. The van der Waals surface area contributed by atoms with Gasteiger partial charge in [0.15, 0.2) is 6.61 Å². The van der Waals surface area contributed by atoms with Crippen LogP contribution in [-0.4, -0.2) is 31.7 Å². The van der Waals surface area contributed by atoms with Crippen molar-refractivity contribution in [3.63, 3.8) is 0 Å². The van der Waals surface area contributed by atoms with Crippen molar-refractivity contribution in [2.45, 2.75) is 6.18 Å². The highest BCUT2D eigenvalue weighted by Gasteiger charge is 2.28. The fourth-order valence-electron chi connectivity index (χ4n) is 1.12. The van der Waals surface area contributed by atoms with Gasteiger partial charge < -0.3 is 9.84 Å². The van der Waals surface area contributed by atoms with E-state index in [1.54, 1.807) is 7.85 Å². The average Bonchev–Trinajstić information content (AvgIpc) is 2.13. The Morgan fingerprint density at radius 1 is 1.38 bits per heavy atom. The molecule has 0 heterocycles. The molecule has 0 aromatic heterocycles. The summed E-state index contributed by atoms with van der Waals surface area (Å²) in [6.07, 6.45) is -4.44. The Balaban J connectivity index is 2.85. The Morgan fingerprint density at radius 3 is 2.50 bits per heavy atom. The first kappa shape index (κ1) is 12.4. The summed E-state index contributed by atoms with van der Waals surface area (Å²) in [5.74, 6) is -1.31. The van der Waals surface area contributed by atoms with Crippen LogP contribution in [0.25, 0.3) is 0 Å². The smallest absolute Gasteiger partial charge is 0.422 e. The topological polar surface area (TPSA) is 46.5 Å². The quantitative estimate of drug-likeness (QED) is 0.775. The second-order valence-corrected chi connectivity index (χ2v) is 3.24. The Kier molecular flexibility index (Phi) is 3.46. The standard InChI is InChI=1S/C9H8BF3O3/c10-6-1-5(8(14)15)2-7(3-6)16-4-9(11,12)13/h1-3H,4,10H2,(H,14,15). The minimum atomic E-state index is -4.44. The van der Waals surface area contributed by atoms with Crippen molar-refractivity contribution in [3.05, 3.63) is 23.8 Å². The van der Waals surface area contributed by atoms with Gasteiger partial charge in [0.25, 0.3) is 0 Å². The van der Waals surface area contributed by atoms with E-state index in [-0.39, 0.29) is 11.3 Å². The van der Waals surface area contributed by atoms with Crippen molar-refractivity contribution in [2.75, 3.05) is 6.61 Å². The number of carboxylic acids is 1. The van der Waals surface area contributed by atoms with Crippen LogP contribution in [0, 0.1) is 0 Å². The number of rotatable bonds is 3. The predicted octanol–water partition coefficient (Wildman–Crippen LogP) is 0.584. The molecule has 86 valence electrons. The normalized spacial score (nSPS) is 11.2. The maximum absolute atomic E-state index is 11.9. The zero-order valence-electron chi connectivity index (χ0n) is 8.34.